The van der Waals surface area contributed by atoms with E-state index in [2.05, 4.69) is 27.3 Å². The minimum Gasteiger partial charge on any atom is -0.301 e. The Morgan fingerprint density at radius 2 is 2.21 bits per heavy atom. The molecule has 1 aliphatic rings. The van der Waals surface area contributed by atoms with Crippen molar-refractivity contribution >= 4 is 12.2 Å². The zero-order valence-electron chi connectivity index (χ0n) is 8.31. The van der Waals surface area contributed by atoms with Crippen molar-refractivity contribution in [3.63, 3.8) is 0 Å². The van der Waals surface area contributed by atoms with Crippen LogP contribution in [0.5, 0.6) is 0 Å². The number of aromatic nitrogens is 4. The molecule has 0 bridgehead atoms. The zero-order valence-corrected chi connectivity index (χ0v) is 9.13. The maximum atomic E-state index is 5.04. The lowest BCUT2D eigenvalue weighted by molar-refractivity contribution is 0.274. The number of hydrogen-bond donors (Lipinski definition) is 1. The average molecular weight is 213 g/mol. The summed E-state index contributed by atoms with van der Waals surface area (Å²) < 4.78 is 2.38. The molecule has 0 aliphatic carbocycles. The molecule has 0 amide bonds. The van der Waals surface area contributed by atoms with Gasteiger partial charge in [0, 0.05) is 6.54 Å². The Morgan fingerprint density at radius 1 is 1.50 bits per heavy atom. The minimum absolute atomic E-state index is 0.329. The van der Waals surface area contributed by atoms with E-state index in [1.165, 1.54) is 25.9 Å². The first-order valence-electron chi connectivity index (χ1n) is 4.99. The van der Waals surface area contributed by atoms with Gasteiger partial charge >= 0.3 is 0 Å². The fraction of sp³-hybridized carbons (Fsp3) is 0.875. The largest absolute Gasteiger partial charge is 0.301 e. The molecule has 1 N–H and O–H groups in total. The van der Waals surface area contributed by atoms with Crippen LogP contribution in [0.15, 0.2) is 0 Å². The fourth-order valence-corrected chi connectivity index (χ4v) is 2.17. The molecule has 2 rings (SSSR count). The van der Waals surface area contributed by atoms with Crippen molar-refractivity contribution in [1.29, 1.82) is 0 Å². The monoisotopic (exact) mass is 213 g/mol. The molecule has 1 saturated heterocycles. The van der Waals surface area contributed by atoms with Crippen LogP contribution >= 0.6 is 12.2 Å². The molecule has 78 valence electrons. The molecule has 5 nitrogen and oxygen atoms in total. The van der Waals surface area contributed by atoms with Crippen molar-refractivity contribution in [3.8, 4) is 0 Å². The van der Waals surface area contributed by atoms with E-state index in [4.69, 9.17) is 12.2 Å². The van der Waals surface area contributed by atoms with E-state index in [-0.39, 0.29) is 0 Å². The van der Waals surface area contributed by atoms with Crippen LogP contribution in [0.2, 0.25) is 0 Å². The van der Waals surface area contributed by atoms with Crippen LogP contribution in [-0.4, -0.2) is 44.7 Å². The minimum atomic E-state index is 0.329. The number of nitrogens with one attached hydrogen (secondary N) is 1. The Labute approximate surface area is 88.1 Å². The maximum absolute atomic E-state index is 5.04. The normalized spacial score (nSPS) is 20.1. The molecule has 2 heterocycles. The molecule has 0 aromatic carbocycles. The maximum Gasteiger partial charge on any atom is 0.238 e. The smallest absolute Gasteiger partial charge is 0.238 e. The van der Waals surface area contributed by atoms with Crippen LogP contribution in [-0.2, 0) is 0 Å². The number of tetrazole rings is 1. The summed E-state index contributed by atoms with van der Waals surface area (Å²) in [5.74, 6) is 0. The number of rotatable bonds is 3. The van der Waals surface area contributed by atoms with Gasteiger partial charge in [0.15, 0.2) is 0 Å². The predicted molar refractivity (Wildman–Crippen MR) is 55.6 cm³/mol. The van der Waals surface area contributed by atoms with Crippen LogP contribution in [0.4, 0.5) is 0 Å². The van der Waals surface area contributed by atoms with Gasteiger partial charge in [-0.2, -0.15) is 5.21 Å². The third kappa shape index (κ3) is 2.01. The molecule has 6 heteroatoms. The third-order valence-electron chi connectivity index (χ3n) is 2.66. The van der Waals surface area contributed by atoms with Crippen molar-refractivity contribution in [1.82, 2.24) is 25.1 Å². The van der Waals surface area contributed by atoms with Crippen LogP contribution in [0.1, 0.15) is 25.8 Å². The van der Waals surface area contributed by atoms with E-state index in [0.29, 0.717) is 10.8 Å². The lowest BCUT2D eigenvalue weighted by Crippen LogP contribution is -2.27. The van der Waals surface area contributed by atoms with Gasteiger partial charge < -0.3 is 4.90 Å². The summed E-state index contributed by atoms with van der Waals surface area (Å²) in [6.07, 6.45) is 2.64. The Hall–Kier alpha value is -0.750. The summed E-state index contributed by atoms with van der Waals surface area (Å²) in [7, 11) is 0. The highest BCUT2D eigenvalue weighted by Crippen LogP contribution is 2.12. The lowest BCUT2D eigenvalue weighted by Gasteiger charge is -2.19. The van der Waals surface area contributed by atoms with Crippen LogP contribution < -0.4 is 0 Å². The molecular weight excluding hydrogens is 198 g/mol. The van der Waals surface area contributed by atoms with E-state index in [0.717, 1.165) is 6.54 Å². The first-order chi connectivity index (χ1) is 6.77. The zero-order chi connectivity index (χ0) is 9.97. The second kappa shape index (κ2) is 4.18. The van der Waals surface area contributed by atoms with Crippen molar-refractivity contribution in [2.24, 2.45) is 0 Å². The van der Waals surface area contributed by atoms with Crippen molar-refractivity contribution in [2.45, 2.75) is 25.8 Å². The van der Waals surface area contributed by atoms with Crippen molar-refractivity contribution in [3.05, 3.63) is 4.77 Å². The molecule has 14 heavy (non-hydrogen) atoms. The summed E-state index contributed by atoms with van der Waals surface area (Å²) >= 11 is 5.04. The number of nitrogens with zero attached hydrogens (tertiary/aromatic N) is 4. The van der Waals surface area contributed by atoms with E-state index in [1.54, 1.807) is 0 Å². The van der Waals surface area contributed by atoms with Gasteiger partial charge in [-0.05, 0) is 45.1 Å². The first kappa shape index (κ1) is 9.79. The number of aromatic amines is 1. The highest BCUT2D eigenvalue weighted by atomic mass is 32.1. The molecule has 1 unspecified atom stereocenters. The van der Waals surface area contributed by atoms with Gasteiger partial charge in [0.1, 0.15) is 0 Å². The Morgan fingerprint density at radius 3 is 2.79 bits per heavy atom. The number of likely N-dealkylation sites (tertiary alicyclic amines) is 1. The van der Waals surface area contributed by atoms with Gasteiger partial charge in [-0.3, -0.25) is 0 Å². The van der Waals surface area contributed by atoms with Crippen LogP contribution in [0.25, 0.3) is 0 Å². The molecule has 1 aromatic heterocycles. The van der Waals surface area contributed by atoms with Gasteiger partial charge in [0.25, 0.3) is 0 Å². The third-order valence-corrected chi connectivity index (χ3v) is 2.93. The number of H-pyrrole nitrogens is 1. The molecule has 0 saturated carbocycles. The Balaban J connectivity index is 1.98. The summed E-state index contributed by atoms with van der Waals surface area (Å²) in [6.45, 7) is 5.57. The molecule has 0 radical (unpaired) electrons. The summed E-state index contributed by atoms with van der Waals surface area (Å²) in [5.41, 5.74) is 0. The molecule has 1 aliphatic heterocycles. The van der Waals surface area contributed by atoms with Crippen LogP contribution in [0.3, 0.4) is 0 Å². The number of hydrogen-bond acceptors (Lipinski definition) is 4. The predicted octanol–water partition coefficient (Wildman–Crippen LogP) is 0.992. The SMILES string of the molecule is CC(CN1CCCC1)n1[nH]nnc1=S. The van der Waals surface area contributed by atoms with Gasteiger partial charge in [-0.25, -0.2) is 4.68 Å². The topological polar surface area (TPSA) is 49.7 Å². The molecule has 1 fully saturated rings. The molecular formula is C8H15N5S. The second-order valence-corrected chi connectivity index (χ2v) is 4.17. The molecule has 1 aromatic rings. The first-order valence-corrected chi connectivity index (χ1v) is 5.40. The summed E-state index contributed by atoms with van der Waals surface area (Å²) in [4.78, 5) is 2.45. The van der Waals surface area contributed by atoms with Gasteiger partial charge in [0.05, 0.1) is 6.04 Å². The quantitative estimate of drug-likeness (QED) is 0.761. The van der Waals surface area contributed by atoms with Crippen molar-refractivity contribution < 1.29 is 0 Å². The Kier molecular flexibility index (Phi) is 2.93. The molecule has 0 spiro atoms. The fourth-order valence-electron chi connectivity index (χ4n) is 1.91. The van der Waals surface area contributed by atoms with Crippen LogP contribution in [0, 0.1) is 4.77 Å². The van der Waals surface area contributed by atoms with E-state index >= 15 is 0 Å². The summed E-state index contributed by atoms with van der Waals surface area (Å²) in [5, 5.41) is 10.3. The van der Waals surface area contributed by atoms with Crippen molar-refractivity contribution in [2.75, 3.05) is 19.6 Å². The highest BCUT2D eigenvalue weighted by Gasteiger charge is 2.16. The van der Waals surface area contributed by atoms with Gasteiger partial charge in [0.2, 0.25) is 4.77 Å². The summed E-state index contributed by atoms with van der Waals surface area (Å²) in [6, 6.07) is 0.329. The standard InChI is InChI=1S/C8H15N5S/c1-7(6-12-4-2-3-5-12)13-8(14)9-10-11-13/h7H,2-6H2,1H3,(H,9,11,14). The lowest BCUT2D eigenvalue weighted by atomic mass is 10.3. The second-order valence-electron chi connectivity index (χ2n) is 3.81. The molecule has 1 atom stereocenters. The average Bonchev–Trinajstić information content (AvgIpc) is 2.75. The van der Waals surface area contributed by atoms with E-state index in [9.17, 15) is 0 Å². The van der Waals surface area contributed by atoms with E-state index < -0.39 is 0 Å². The van der Waals surface area contributed by atoms with Gasteiger partial charge in [-0.1, -0.05) is 10.3 Å². The van der Waals surface area contributed by atoms with Gasteiger partial charge in [-0.15, -0.1) is 0 Å². The Bertz CT molecular complexity index is 338. The highest BCUT2D eigenvalue weighted by molar-refractivity contribution is 7.71. The van der Waals surface area contributed by atoms with E-state index in [1.807, 2.05) is 4.68 Å².